The van der Waals surface area contributed by atoms with Gasteiger partial charge in [-0.3, -0.25) is 0 Å². The van der Waals surface area contributed by atoms with Gasteiger partial charge in [-0.2, -0.15) is 0 Å². The lowest BCUT2D eigenvalue weighted by Crippen LogP contribution is -1.97. The van der Waals surface area contributed by atoms with Gasteiger partial charge in [-0.25, -0.2) is 4.39 Å². The molecule has 19 heavy (non-hydrogen) atoms. The summed E-state index contributed by atoms with van der Waals surface area (Å²) < 4.78 is 18.1. The summed E-state index contributed by atoms with van der Waals surface area (Å²) in [4.78, 5) is 0.0500. The Kier molecular flexibility index (Phi) is 4.83. The van der Waals surface area contributed by atoms with E-state index in [1.54, 1.807) is 13.2 Å². The van der Waals surface area contributed by atoms with E-state index in [9.17, 15) is 4.39 Å². The highest BCUT2D eigenvalue weighted by Crippen LogP contribution is 2.33. The fraction of sp³-hybridized carbons (Fsp3) is 0.200. The maximum Gasteiger partial charge on any atom is 0.124 e. The van der Waals surface area contributed by atoms with Crippen molar-refractivity contribution in [1.82, 2.24) is 0 Å². The zero-order chi connectivity index (χ0) is 13.8. The van der Waals surface area contributed by atoms with Gasteiger partial charge in [0, 0.05) is 9.85 Å². The van der Waals surface area contributed by atoms with Crippen molar-refractivity contribution in [3.05, 3.63) is 64.4 Å². The number of rotatable bonds is 4. The monoisotopic (exact) mass is 342 g/mol. The summed E-state index contributed by atoms with van der Waals surface area (Å²) in [6, 6.07) is 12.3. The smallest absolute Gasteiger partial charge is 0.124 e. The molecule has 1 unspecified atom stereocenters. The second kappa shape index (κ2) is 6.40. The van der Waals surface area contributed by atoms with E-state index >= 15 is 0 Å². The largest absolute Gasteiger partial charge is 0.497 e. The average molecular weight is 344 g/mol. The molecule has 0 aliphatic carbocycles. The molecule has 1 atom stereocenters. The number of alkyl halides is 1. The topological polar surface area (TPSA) is 9.23 Å². The van der Waals surface area contributed by atoms with E-state index in [4.69, 9.17) is 16.3 Å². The second-order valence-corrected chi connectivity index (χ2v) is 5.70. The lowest BCUT2D eigenvalue weighted by molar-refractivity contribution is 0.414. The Bertz CT molecular complexity index is 557. The molecule has 0 N–H and O–H groups in total. The third kappa shape index (κ3) is 3.71. The highest BCUT2D eigenvalue weighted by molar-refractivity contribution is 9.09. The van der Waals surface area contributed by atoms with E-state index in [0.29, 0.717) is 5.02 Å². The standard InChI is InChI=1S/C15H13BrClFO/c1-19-12-5-2-10(3-6-12)8-14(16)13-7-4-11(18)9-15(13)17/h2-7,9,14H,8H2,1H3. The summed E-state index contributed by atoms with van der Waals surface area (Å²) in [6.07, 6.45) is 0.773. The minimum Gasteiger partial charge on any atom is -0.497 e. The van der Waals surface area contributed by atoms with Crippen molar-refractivity contribution in [3.8, 4) is 5.75 Å². The quantitative estimate of drug-likeness (QED) is 0.696. The zero-order valence-electron chi connectivity index (χ0n) is 10.4. The van der Waals surface area contributed by atoms with Crippen LogP contribution in [0.2, 0.25) is 5.02 Å². The third-order valence-electron chi connectivity index (χ3n) is 2.87. The SMILES string of the molecule is COc1ccc(CC(Br)c2ccc(F)cc2Cl)cc1. The minimum atomic E-state index is -0.321. The zero-order valence-corrected chi connectivity index (χ0v) is 12.7. The molecule has 0 radical (unpaired) electrons. The molecule has 0 aliphatic rings. The van der Waals surface area contributed by atoms with Crippen molar-refractivity contribution in [2.45, 2.75) is 11.2 Å². The predicted molar refractivity (Wildman–Crippen MR) is 79.8 cm³/mol. The third-order valence-corrected chi connectivity index (χ3v) is 4.02. The Morgan fingerprint density at radius 3 is 2.47 bits per heavy atom. The van der Waals surface area contributed by atoms with Gasteiger partial charge in [0.05, 0.1) is 7.11 Å². The summed E-state index contributed by atoms with van der Waals surface area (Å²) in [5.41, 5.74) is 2.04. The summed E-state index contributed by atoms with van der Waals surface area (Å²) in [6.45, 7) is 0. The number of hydrogen-bond donors (Lipinski definition) is 0. The van der Waals surface area contributed by atoms with Crippen LogP contribution in [0, 0.1) is 5.82 Å². The van der Waals surface area contributed by atoms with Crippen molar-refractivity contribution in [2.24, 2.45) is 0 Å². The first kappa shape index (κ1) is 14.4. The van der Waals surface area contributed by atoms with Crippen LogP contribution in [-0.4, -0.2) is 7.11 Å². The molecule has 0 saturated carbocycles. The highest BCUT2D eigenvalue weighted by atomic mass is 79.9. The Hall–Kier alpha value is -1.06. The predicted octanol–water partition coefficient (Wildman–Crippen LogP) is 5.17. The minimum absolute atomic E-state index is 0.0500. The number of halogens is 3. The first-order chi connectivity index (χ1) is 9.10. The van der Waals surface area contributed by atoms with Crippen LogP contribution in [0.4, 0.5) is 4.39 Å². The van der Waals surface area contributed by atoms with Crippen molar-refractivity contribution in [1.29, 1.82) is 0 Å². The molecule has 0 aromatic heterocycles. The van der Waals surface area contributed by atoms with Crippen LogP contribution in [0.25, 0.3) is 0 Å². The second-order valence-electron chi connectivity index (χ2n) is 4.19. The maximum absolute atomic E-state index is 13.0. The Morgan fingerprint density at radius 2 is 1.89 bits per heavy atom. The highest BCUT2D eigenvalue weighted by Gasteiger charge is 2.13. The number of hydrogen-bond acceptors (Lipinski definition) is 1. The average Bonchev–Trinajstić information content (AvgIpc) is 2.39. The van der Waals surface area contributed by atoms with Crippen LogP contribution in [0.5, 0.6) is 5.75 Å². The van der Waals surface area contributed by atoms with E-state index in [2.05, 4.69) is 15.9 Å². The van der Waals surface area contributed by atoms with Gasteiger partial charge in [0.1, 0.15) is 11.6 Å². The van der Waals surface area contributed by atoms with Gasteiger partial charge >= 0.3 is 0 Å². The van der Waals surface area contributed by atoms with E-state index in [1.165, 1.54) is 12.1 Å². The molecule has 0 saturated heterocycles. The molecule has 0 heterocycles. The van der Waals surface area contributed by atoms with Gasteiger partial charge in [-0.05, 0) is 41.8 Å². The van der Waals surface area contributed by atoms with Crippen molar-refractivity contribution < 1.29 is 9.13 Å². The van der Waals surface area contributed by atoms with Crippen molar-refractivity contribution >= 4 is 27.5 Å². The molecule has 0 amide bonds. The fourth-order valence-corrected chi connectivity index (χ4v) is 3.04. The van der Waals surface area contributed by atoms with Gasteiger partial charge in [0.15, 0.2) is 0 Å². The molecule has 2 aromatic carbocycles. The van der Waals surface area contributed by atoms with Crippen molar-refractivity contribution in [2.75, 3.05) is 7.11 Å². The molecule has 1 nitrogen and oxygen atoms in total. The van der Waals surface area contributed by atoms with Crippen LogP contribution >= 0.6 is 27.5 Å². The Balaban J connectivity index is 2.13. The lowest BCUT2D eigenvalue weighted by atomic mass is 10.0. The number of ether oxygens (including phenoxy) is 1. The molecular weight excluding hydrogens is 331 g/mol. The van der Waals surface area contributed by atoms with Crippen LogP contribution in [0.15, 0.2) is 42.5 Å². The summed E-state index contributed by atoms with van der Waals surface area (Å²) in [5.74, 6) is 0.507. The molecule has 2 aromatic rings. The van der Waals surface area contributed by atoms with Crippen LogP contribution < -0.4 is 4.74 Å². The van der Waals surface area contributed by atoms with E-state index in [0.717, 1.165) is 23.3 Å². The van der Waals surface area contributed by atoms with Gasteiger partial charge < -0.3 is 4.74 Å². The normalized spacial score (nSPS) is 12.2. The molecule has 4 heteroatoms. The van der Waals surface area contributed by atoms with Gasteiger partial charge in [-0.15, -0.1) is 0 Å². The van der Waals surface area contributed by atoms with E-state index in [-0.39, 0.29) is 10.6 Å². The Morgan fingerprint density at radius 1 is 1.21 bits per heavy atom. The van der Waals surface area contributed by atoms with Gasteiger partial charge in [0.25, 0.3) is 0 Å². The molecule has 0 fully saturated rings. The molecule has 2 rings (SSSR count). The molecular formula is C15H13BrClFO. The summed E-state index contributed by atoms with van der Waals surface area (Å²) in [5, 5.41) is 0.440. The van der Waals surface area contributed by atoms with E-state index in [1.807, 2.05) is 24.3 Å². The summed E-state index contributed by atoms with van der Waals surface area (Å²) in [7, 11) is 1.64. The number of benzene rings is 2. The van der Waals surface area contributed by atoms with E-state index < -0.39 is 0 Å². The molecule has 0 bridgehead atoms. The fourth-order valence-electron chi connectivity index (χ4n) is 1.83. The van der Waals surface area contributed by atoms with Crippen LogP contribution in [-0.2, 0) is 6.42 Å². The Labute approximate surface area is 125 Å². The molecule has 100 valence electrons. The van der Waals surface area contributed by atoms with Gasteiger partial charge in [-0.1, -0.05) is 45.7 Å². The first-order valence-corrected chi connectivity index (χ1v) is 7.11. The van der Waals surface area contributed by atoms with Crippen molar-refractivity contribution in [3.63, 3.8) is 0 Å². The maximum atomic E-state index is 13.0. The molecule has 0 aliphatic heterocycles. The molecule has 0 spiro atoms. The summed E-state index contributed by atoms with van der Waals surface area (Å²) >= 11 is 9.64. The van der Waals surface area contributed by atoms with Crippen LogP contribution in [0.1, 0.15) is 16.0 Å². The number of methoxy groups -OCH3 is 1. The van der Waals surface area contributed by atoms with Crippen LogP contribution in [0.3, 0.4) is 0 Å². The van der Waals surface area contributed by atoms with Gasteiger partial charge in [0.2, 0.25) is 0 Å². The lowest BCUT2D eigenvalue weighted by Gasteiger charge is -2.12. The first-order valence-electron chi connectivity index (χ1n) is 5.82.